The van der Waals surface area contributed by atoms with Crippen LogP contribution in [0.5, 0.6) is 5.75 Å². The molecule has 0 amide bonds. The Hall–Kier alpha value is -1.27. The van der Waals surface area contributed by atoms with E-state index in [9.17, 15) is 8.42 Å². The molecule has 1 aromatic rings. The molecule has 0 aromatic heterocycles. The number of nitrogens with two attached hydrogens (primary N) is 1. The molecule has 0 heterocycles. The van der Waals surface area contributed by atoms with Crippen molar-refractivity contribution >= 4 is 15.7 Å². The molecule has 118 valence electrons. The lowest BCUT2D eigenvalue weighted by atomic mass is 9.95. The van der Waals surface area contributed by atoms with Crippen LogP contribution in [0.1, 0.15) is 39.0 Å². The lowest BCUT2D eigenvalue weighted by Gasteiger charge is -2.32. The van der Waals surface area contributed by atoms with Crippen molar-refractivity contribution in [1.82, 2.24) is 4.31 Å². The molecule has 0 radical (unpaired) electrons. The molecule has 1 aliphatic rings. The third kappa shape index (κ3) is 3.32. The van der Waals surface area contributed by atoms with E-state index in [0.29, 0.717) is 18.0 Å². The molecule has 1 fully saturated rings. The van der Waals surface area contributed by atoms with E-state index >= 15 is 0 Å². The minimum Gasteiger partial charge on any atom is -0.495 e. The Morgan fingerprint density at radius 1 is 1.29 bits per heavy atom. The number of methoxy groups -OCH3 is 1. The second-order valence-corrected chi connectivity index (χ2v) is 7.29. The summed E-state index contributed by atoms with van der Waals surface area (Å²) in [6.45, 7) is 2.37. The summed E-state index contributed by atoms with van der Waals surface area (Å²) >= 11 is 0. The molecule has 0 saturated heterocycles. The van der Waals surface area contributed by atoms with Gasteiger partial charge in [-0.1, -0.05) is 26.2 Å². The number of nitrogens with zero attached hydrogens (tertiary/aromatic N) is 1. The van der Waals surface area contributed by atoms with E-state index in [-0.39, 0.29) is 10.9 Å². The molecule has 1 aliphatic carbocycles. The molecule has 0 aliphatic heterocycles. The maximum atomic E-state index is 12.8. The van der Waals surface area contributed by atoms with Crippen molar-refractivity contribution in [2.24, 2.45) is 0 Å². The molecule has 21 heavy (non-hydrogen) atoms. The van der Waals surface area contributed by atoms with E-state index in [1.54, 1.807) is 16.4 Å². The minimum absolute atomic E-state index is 0.108. The van der Waals surface area contributed by atoms with Gasteiger partial charge in [-0.05, 0) is 31.0 Å². The minimum atomic E-state index is -3.50. The molecule has 2 rings (SSSR count). The highest BCUT2D eigenvalue weighted by Gasteiger charge is 2.31. The molecule has 6 heteroatoms. The zero-order valence-corrected chi connectivity index (χ0v) is 13.5. The van der Waals surface area contributed by atoms with Gasteiger partial charge in [-0.3, -0.25) is 0 Å². The van der Waals surface area contributed by atoms with Crippen LogP contribution in [0.25, 0.3) is 0 Å². The van der Waals surface area contributed by atoms with Crippen molar-refractivity contribution in [3.63, 3.8) is 0 Å². The number of nitrogen functional groups attached to an aromatic ring is 1. The summed E-state index contributed by atoms with van der Waals surface area (Å²) in [5, 5.41) is 0. The molecular formula is C15H24N2O3S. The first-order valence-corrected chi connectivity index (χ1v) is 8.90. The van der Waals surface area contributed by atoms with Gasteiger partial charge in [0, 0.05) is 12.6 Å². The first-order valence-electron chi connectivity index (χ1n) is 7.46. The van der Waals surface area contributed by atoms with Crippen LogP contribution in [-0.2, 0) is 10.0 Å². The van der Waals surface area contributed by atoms with Gasteiger partial charge in [-0.15, -0.1) is 0 Å². The lowest BCUT2D eigenvalue weighted by molar-refractivity contribution is 0.261. The van der Waals surface area contributed by atoms with Crippen LogP contribution in [0.4, 0.5) is 5.69 Å². The van der Waals surface area contributed by atoms with Crippen molar-refractivity contribution in [3.8, 4) is 5.75 Å². The monoisotopic (exact) mass is 312 g/mol. The fraction of sp³-hybridized carbons (Fsp3) is 0.600. The molecule has 1 saturated carbocycles. The molecule has 2 N–H and O–H groups in total. The number of hydrogen-bond donors (Lipinski definition) is 1. The molecule has 1 aromatic carbocycles. The quantitative estimate of drug-likeness (QED) is 0.848. The fourth-order valence-corrected chi connectivity index (χ4v) is 4.73. The largest absolute Gasteiger partial charge is 0.495 e. The van der Waals surface area contributed by atoms with Gasteiger partial charge >= 0.3 is 0 Å². The molecule has 0 atom stereocenters. The molecule has 5 nitrogen and oxygen atoms in total. The van der Waals surface area contributed by atoms with Crippen LogP contribution < -0.4 is 10.5 Å². The van der Waals surface area contributed by atoms with Gasteiger partial charge in [-0.25, -0.2) is 8.42 Å². The number of ether oxygens (including phenoxy) is 1. The highest BCUT2D eigenvalue weighted by Crippen LogP contribution is 2.30. The molecular weight excluding hydrogens is 288 g/mol. The summed E-state index contributed by atoms with van der Waals surface area (Å²) in [4.78, 5) is 0.244. The van der Waals surface area contributed by atoms with Gasteiger partial charge in [-0.2, -0.15) is 4.31 Å². The van der Waals surface area contributed by atoms with Gasteiger partial charge in [0.15, 0.2) is 0 Å². The van der Waals surface area contributed by atoms with E-state index < -0.39 is 10.0 Å². The summed E-state index contributed by atoms with van der Waals surface area (Å²) in [6.07, 6.45) is 5.28. The summed E-state index contributed by atoms with van der Waals surface area (Å²) in [5.74, 6) is 0.495. The normalized spacial score (nSPS) is 17.1. The van der Waals surface area contributed by atoms with Crippen LogP contribution in [0, 0.1) is 0 Å². The predicted molar refractivity (Wildman–Crippen MR) is 83.8 cm³/mol. The number of anilines is 1. The smallest absolute Gasteiger partial charge is 0.243 e. The molecule has 0 spiro atoms. The molecule has 0 unspecified atom stereocenters. The SMILES string of the molecule is CCN(C1CCCCC1)S(=O)(=O)c1ccc(OC)c(N)c1. The van der Waals surface area contributed by atoms with Gasteiger partial charge in [0.25, 0.3) is 0 Å². The fourth-order valence-electron chi connectivity index (χ4n) is 3.00. The number of sulfonamides is 1. The summed E-state index contributed by atoms with van der Waals surface area (Å²) < 4.78 is 32.4. The summed E-state index contributed by atoms with van der Waals surface area (Å²) in [5.41, 5.74) is 6.19. The third-order valence-corrected chi connectivity index (χ3v) is 6.12. The Bertz CT molecular complexity index is 581. The number of benzene rings is 1. The van der Waals surface area contributed by atoms with Gasteiger partial charge in [0.1, 0.15) is 5.75 Å². The first-order chi connectivity index (χ1) is 10.0. The average Bonchev–Trinajstić information content (AvgIpc) is 2.48. The van der Waals surface area contributed by atoms with Crippen molar-refractivity contribution in [2.75, 3.05) is 19.4 Å². The van der Waals surface area contributed by atoms with Crippen molar-refractivity contribution in [3.05, 3.63) is 18.2 Å². The van der Waals surface area contributed by atoms with E-state index in [1.807, 2.05) is 6.92 Å². The summed E-state index contributed by atoms with van der Waals surface area (Å²) in [6, 6.07) is 4.77. The van der Waals surface area contributed by atoms with Gasteiger partial charge in [0.05, 0.1) is 17.7 Å². The van der Waals surface area contributed by atoms with Crippen LogP contribution in [0.15, 0.2) is 23.1 Å². The van der Waals surface area contributed by atoms with Gasteiger partial charge < -0.3 is 10.5 Å². The van der Waals surface area contributed by atoms with Crippen molar-refractivity contribution in [1.29, 1.82) is 0 Å². The Kier molecular flexibility index (Phi) is 5.11. The third-order valence-electron chi connectivity index (χ3n) is 4.10. The zero-order valence-electron chi connectivity index (χ0n) is 12.7. The van der Waals surface area contributed by atoms with Gasteiger partial charge in [0.2, 0.25) is 10.0 Å². The Morgan fingerprint density at radius 3 is 2.48 bits per heavy atom. The number of rotatable bonds is 5. The Balaban J connectivity index is 2.32. The number of hydrogen-bond acceptors (Lipinski definition) is 4. The highest BCUT2D eigenvalue weighted by molar-refractivity contribution is 7.89. The van der Waals surface area contributed by atoms with Crippen molar-refractivity contribution in [2.45, 2.75) is 50.0 Å². The second kappa shape index (κ2) is 6.66. The lowest BCUT2D eigenvalue weighted by Crippen LogP contribution is -2.41. The second-order valence-electron chi connectivity index (χ2n) is 5.40. The first kappa shape index (κ1) is 16.1. The van der Waals surface area contributed by atoms with Crippen molar-refractivity contribution < 1.29 is 13.2 Å². The Morgan fingerprint density at radius 2 is 1.95 bits per heavy atom. The van der Waals surface area contributed by atoms with Crippen LogP contribution in [-0.4, -0.2) is 32.4 Å². The highest BCUT2D eigenvalue weighted by atomic mass is 32.2. The van der Waals surface area contributed by atoms with Crippen LogP contribution >= 0.6 is 0 Å². The van der Waals surface area contributed by atoms with E-state index in [1.165, 1.54) is 19.6 Å². The maximum absolute atomic E-state index is 12.8. The van der Waals surface area contributed by atoms with E-state index in [4.69, 9.17) is 10.5 Å². The average molecular weight is 312 g/mol. The van der Waals surface area contributed by atoms with Crippen LogP contribution in [0.2, 0.25) is 0 Å². The molecule has 0 bridgehead atoms. The Labute approximate surface area is 127 Å². The van der Waals surface area contributed by atoms with Crippen LogP contribution in [0.3, 0.4) is 0 Å². The van der Waals surface area contributed by atoms with E-state index in [0.717, 1.165) is 25.7 Å². The maximum Gasteiger partial charge on any atom is 0.243 e. The zero-order chi connectivity index (χ0) is 15.5. The topological polar surface area (TPSA) is 72.6 Å². The van der Waals surface area contributed by atoms with E-state index in [2.05, 4.69) is 0 Å². The predicted octanol–water partition coefficient (Wildman–Crippen LogP) is 2.62. The summed E-state index contributed by atoms with van der Waals surface area (Å²) in [7, 11) is -1.99. The standard InChI is InChI=1S/C15H24N2O3S/c1-3-17(12-7-5-4-6-8-12)21(18,19)13-9-10-15(20-2)14(16)11-13/h9-12H,3-8,16H2,1-2H3.